The van der Waals surface area contributed by atoms with E-state index < -0.39 is 0 Å². The topological polar surface area (TPSA) is 81.4 Å². The lowest BCUT2D eigenvalue weighted by Crippen LogP contribution is -2.36. The van der Waals surface area contributed by atoms with Crippen LogP contribution in [0.2, 0.25) is 0 Å². The van der Waals surface area contributed by atoms with Gasteiger partial charge in [0.15, 0.2) is 0 Å². The Labute approximate surface area is 138 Å². The minimum absolute atomic E-state index is 0. The fourth-order valence-corrected chi connectivity index (χ4v) is 1.97. The Kier molecular flexibility index (Phi) is 10.2. The number of halogens is 1. The number of amides is 1. The maximum atomic E-state index is 12.0. The van der Waals surface area contributed by atoms with Crippen molar-refractivity contribution in [2.75, 3.05) is 13.2 Å². The molecule has 1 aromatic rings. The molecule has 5 nitrogen and oxygen atoms in total. The molecule has 0 aromatic heterocycles. The van der Waals surface area contributed by atoms with Crippen molar-refractivity contribution in [1.82, 2.24) is 5.32 Å². The van der Waals surface area contributed by atoms with E-state index in [2.05, 4.69) is 5.32 Å². The van der Waals surface area contributed by atoms with E-state index in [9.17, 15) is 9.59 Å². The summed E-state index contributed by atoms with van der Waals surface area (Å²) in [6.07, 6.45) is 0.880. The van der Waals surface area contributed by atoms with Gasteiger partial charge in [0.05, 0.1) is 12.5 Å². The molecule has 22 heavy (non-hydrogen) atoms. The highest BCUT2D eigenvalue weighted by Crippen LogP contribution is 2.18. The minimum atomic E-state index is -0.337. The summed E-state index contributed by atoms with van der Waals surface area (Å²) >= 11 is 0. The Morgan fingerprint density at radius 2 is 1.91 bits per heavy atom. The molecule has 0 fully saturated rings. The number of carbonyl (C=O) groups excluding carboxylic acids is 2. The van der Waals surface area contributed by atoms with E-state index in [-0.39, 0.29) is 36.2 Å². The maximum absolute atomic E-state index is 12.0. The van der Waals surface area contributed by atoms with Gasteiger partial charge in [-0.05, 0) is 18.9 Å². The van der Waals surface area contributed by atoms with Gasteiger partial charge in [-0.3, -0.25) is 9.59 Å². The SMILES string of the molecule is CCOC(=O)CCCNC(=O)C(C)C(N)c1ccccc1.Cl. The first-order valence-electron chi connectivity index (χ1n) is 7.30. The third kappa shape index (κ3) is 6.91. The number of carbonyl (C=O) groups is 2. The number of rotatable bonds is 8. The van der Waals surface area contributed by atoms with Crippen LogP contribution in [0.4, 0.5) is 0 Å². The zero-order valence-corrected chi connectivity index (χ0v) is 13.9. The Bertz CT molecular complexity index is 454. The van der Waals surface area contributed by atoms with Gasteiger partial charge in [0.1, 0.15) is 0 Å². The number of nitrogens with one attached hydrogen (secondary N) is 1. The number of nitrogens with two attached hydrogens (primary N) is 1. The van der Waals surface area contributed by atoms with E-state index in [0.29, 0.717) is 26.0 Å². The number of hydrogen-bond donors (Lipinski definition) is 2. The second-order valence-electron chi connectivity index (χ2n) is 4.92. The van der Waals surface area contributed by atoms with E-state index in [4.69, 9.17) is 10.5 Å². The monoisotopic (exact) mass is 328 g/mol. The first-order valence-corrected chi connectivity index (χ1v) is 7.30. The Morgan fingerprint density at radius 1 is 1.27 bits per heavy atom. The highest BCUT2D eigenvalue weighted by Gasteiger charge is 2.21. The first-order chi connectivity index (χ1) is 10.1. The second-order valence-corrected chi connectivity index (χ2v) is 4.92. The molecule has 6 heteroatoms. The van der Waals surface area contributed by atoms with Gasteiger partial charge >= 0.3 is 5.97 Å². The highest BCUT2D eigenvalue weighted by atomic mass is 35.5. The van der Waals surface area contributed by atoms with Crippen molar-refractivity contribution in [3.8, 4) is 0 Å². The largest absolute Gasteiger partial charge is 0.466 e. The molecule has 3 N–H and O–H groups in total. The summed E-state index contributed by atoms with van der Waals surface area (Å²) in [4.78, 5) is 23.2. The Hall–Kier alpha value is -1.59. The molecule has 0 aliphatic rings. The minimum Gasteiger partial charge on any atom is -0.466 e. The normalized spacial score (nSPS) is 12.7. The summed E-state index contributed by atoms with van der Waals surface area (Å²) in [5.41, 5.74) is 7.03. The van der Waals surface area contributed by atoms with Crippen LogP contribution in [-0.4, -0.2) is 25.0 Å². The van der Waals surface area contributed by atoms with Crippen molar-refractivity contribution >= 4 is 24.3 Å². The summed E-state index contributed by atoms with van der Waals surface area (Å²) in [5, 5.41) is 2.80. The fourth-order valence-electron chi connectivity index (χ4n) is 1.97. The molecule has 1 aromatic carbocycles. The molecular weight excluding hydrogens is 304 g/mol. The molecule has 1 rings (SSSR count). The van der Waals surface area contributed by atoms with Crippen LogP contribution in [0, 0.1) is 5.92 Å². The van der Waals surface area contributed by atoms with E-state index in [1.807, 2.05) is 30.3 Å². The molecule has 0 aliphatic heterocycles. The molecule has 0 saturated carbocycles. The summed E-state index contributed by atoms with van der Waals surface area (Å²) < 4.78 is 4.82. The fraction of sp³-hybridized carbons (Fsp3) is 0.500. The van der Waals surface area contributed by atoms with Crippen molar-refractivity contribution in [3.05, 3.63) is 35.9 Å². The van der Waals surface area contributed by atoms with Gasteiger partial charge < -0.3 is 15.8 Å². The van der Waals surface area contributed by atoms with Crippen LogP contribution < -0.4 is 11.1 Å². The zero-order valence-electron chi connectivity index (χ0n) is 13.1. The summed E-state index contributed by atoms with van der Waals surface area (Å²) in [7, 11) is 0. The molecule has 0 heterocycles. The van der Waals surface area contributed by atoms with Crippen LogP contribution in [0.3, 0.4) is 0 Å². The van der Waals surface area contributed by atoms with Gasteiger partial charge in [0, 0.05) is 19.0 Å². The molecule has 0 spiro atoms. The third-order valence-electron chi connectivity index (χ3n) is 3.30. The number of benzene rings is 1. The van der Waals surface area contributed by atoms with Crippen LogP contribution in [0.15, 0.2) is 30.3 Å². The lowest BCUT2D eigenvalue weighted by Gasteiger charge is -2.19. The average Bonchev–Trinajstić information content (AvgIpc) is 2.51. The second kappa shape index (κ2) is 11.0. The van der Waals surface area contributed by atoms with E-state index in [1.165, 1.54) is 0 Å². The van der Waals surface area contributed by atoms with Gasteiger partial charge in [-0.2, -0.15) is 0 Å². The lowest BCUT2D eigenvalue weighted by molar-refractivity contribution is -0.143. The maximum Gasteiger partial charge on any atom is 0.305 e. The number of hydrogen-bond acceptors (Lipinski definition) is 4. The van der Waals surface area contributed by atoms with Crippen LogP contribution in [-0.2, 0) is 14.3 Å². The molecule has 0 aliphatic carbocycles. The smallest absolute Gasteiger partial charge is 0.305 e. The third-order valence-corrected chi connectivity index (χ3v) is 3.30. The predicted octanol–water partition coefficient (Wildman–Crippen LogP) is 2.20. The molecule has 2 atom stereocenters. The van der Waals surface area contributed by atoms with Crippen molar-refractivity contribution in [2.45, 2.75) is 32.7 Å². The quantitative estimate of drug-likeness (QED) is 0.566. The van der Waals surface area contributed by atoms with Gasteiger partial charge in [-0.15, -0.1) is 12.4 Å². The van der Waals surface area contributed by atoms with Gasteiger partial charge in [0.25, 0.3) is 0 Å². The van der Waals surface area contributed by atoms with Crippen molar-refractivity contribution in [1.29, 1.82) is 0 Å². The van der Waals surface area contributed by atoms with Gasteiger partial charge in [0.2, 0.25) is 5.91 Å². The molecular formula is C16H25ClN2O3. The zero-order chi connectivity index (χ0) is 15.7. The van der Waals surface area contributed by atoms with Crippen molar-refractivity contribution < 1.29 is 14.3 Å². The average molecular weight is 329 g/mol. The van der Waals surface area contributed by atoms with Crippen molar-refractivity contribution in [2.24, 2.45) is 11.7 Å². The Morgan fingerprint density at radius 3 is 2.50 bits per heavy atom. The lowest BCUT2D eigenvalue weighted by atomic mass is 9.94. The summed E-state index contributed by atoms with van der Waals surface area (Å²) in [5.74, 6) is -0.661. The standard InChI is InChI=1S/C16H24N2O3.ClH/c1-3-21-14(19)10-7-11-18-16(20)12(2)15(17)13-8-5-4-6-9-13;/h4-6,8-9,12,15H,3,7,10-11,17H2,1-2H3,(H,18,20);1H. The highest BCUT2D eigenvalue weighted by molar-refractivity contribution is 5.85. The summed E-state index contributed by atoms with van der Waals surface area (Å²) in [6.45, 7) is 4.41. The molecule has 0 saturated heterocycles. The molecule has 0 bridgehead atoms. The van der Waals surface area contributed by atoms with E-state index in [1.54, 1.807) is 13.8 Å². The van der Waals surface area contributed by atoms with Crippen LogP contribution in [0.1, 0.15) is 38.3 Å². The van der Waals surface area contributed by atoms with Crippen LogP contribution in [0.5, 0.6) is 0 Å². The molecule has 1 amide bonds. The number of esters is 1. The van der Waals surface area contributed by atoms with Gasteiger partial charge in [-0.25, -0.2) is 0 Å². The molecule has 2 unspecified atom stereocenters. The van der Waals surface area contributed by atoms with Gasteiger partial charge in [-0.1, -0.05) is 37.3 Å². The first kappa shape index (κ1) is 20.4. The van der Waals surface area contributed by atoms with Crippen molar-refractivity contribution in [3.63, 3.8) is 0 Å². The molecule has 124 valence electrons. The van der Waals surface area contributed by atoms with E-state index >= 15 is 0 Å². The van der Waals surface area contributed by atoms with Crippen LogP contribution >= 0.6 is 12.4 Å². The van der Waals surface area contributed by atoms with Crippen LogP contribution in [0.25, 0.3) is 0 Å². The number of ether oxygens (including phenoxy) is 1. The molecule has 0 radical (unpaired) electrons. The Balaban J connectivity index is 0.00000441. The summed E-state index contributed by atoms with van der Waals surface area (Å²) in [6, 6.07) is 9.20. The predicted molar refractivity (Wildman–Crippen MR) is 88.7 cm³/mol. The van der Waals surface area contributed by atoms with E-state index in [0.717, 1.165) is 5.56 Å².